The second-order valence-electron chi connectivity index (χ2n) is 5.95. The molecule has 1 atom stereocenters. The van der Waals surface area contributed by atoms with E-state index in [4.69, 9.17) is 5.26 Å². The molecule has 3 heteroatoms. The molecule has 1 unspecified atom stereocenters. The fraction of sp³-hybridized carbons (Fsp3) is 0.316. The molecule has 0 aliphatic carbocycles. The summed E-state index contributed by atoms with van der Waals surface area (Å²) in [6.07, 6.45) is -0.511. The van der Waals surface area contributed by atoms with E-state index in [0.29, 0.717) is 18.7 Å². The average molecular weight is 294 g/mol. The van der Waals surface area contributed by atoms with Gasteiger partial charge in [0.15, 0.2) is 0 Å². The lowest BCUT2D eigenvalue weighted by atomic mass is 10.0. The lowest BCUT2D eigenvalue weighted by molar-refractivity contribution is 0.123. The van der Waals surface area contributed by atoms with Crippen molar-refractivity contribution in [3.05, 3.63) is 70.3 Å². The van der Waals surface area contributed by atoms with E-state index in [0.717, 1.165) is 11.1 Å². The Morgan fingerprint density at radius 3 is 2.45 bits per heavy atom. The molecular weight excluding hydrogens is 272 g/mol. The molecule has 0 fully saturated rings. The quantitative estimate of drug-likeness (QED) is 0.920. The molecule has 0 amide bonds. The highest BCUT2D eigenvalue weighted by molar-refractivity contribution is 5.33. The van der Waals surface area contributed by atoms with Gasteiger partial charge in [0.25, 0.3) is 0 Å². The Labute approximate surface area is 132 Å². The molecule has 0 aliphatic rings. The predicted molar refractivity (Wildman–Crippen MR) is 88.4 cm³/mol. The molecule has 3 nitrogen and oxygen atoms in total. The summed E-state index contributed by atoms with van der Waals surface area (Å²) in [6, 6.07) is 15.9. The molecule has 2 rings (SSSR count). The van der Waals surface area contributed by atoms with Crippen LogP contribution in [0.4, 0.5) is 0 Å². The molecule has 0 saturated carbocycles. The number of benzene rings is 2. The highest BCUT2D eigenvalue weighted by atomic mass is 16.3. The van der Waals surface area contributed by atoms with Gasteiger partial charge in [-0.15, -0.1) is 0 Å². The first-order valence-electron chi connectivity index (χ1n) is 7.42. The Balaban J connectivity index is 2.01. The summed E-state index contributed by atoms with van der Waals surface area (Å²) in [4.78, 5) is 2.07. The van der Waals surface area contributed by atoms with E-state index in [1.54, 1.807) is 6.07 Å². The first-order valence-corrected chi connectivity index (χ1v) is 7.42. The van der Waals surface area contributed by atoms with Crippen LogP contribution in [0.3, 0.4) is 0 Å². The van der Waals surface area contributed by atoms with Crippen LogP contribution in [0.5, 0.6) is 0 Å². The topological polar surface area (TPSA) is 47.3 Å². The van der Waals surface area contributed by atoms with Crippen LogP contribution < -0.4 is 0 Å². The summed E-state index contributed by atoms with van der Waals surface area (Å²) >= 11 is 0. The summed E-state index contributed by atoms with van der Waals surface area (Å²) in [7, 11) is 1.98. The molecule has 2 aromatic carbocycles. The normalized spacial score (nSPS) is 12.2. The van der Waals surface area contributed by atoms with Crippen molar-refractivity contribution in [1.29, 1.82) is 5.26 Å². The first kappa shape index (κ1) is 16.2. The first-order chi connectivity index (χ1) is 10.5. The Kier molecular flexibility index (Phi) is 5.32. The second kappa shape index (κ2) is 7.22. The van der Waals surface area contributed by atoms with Crippen molar-refractivity contribution in [2.24, 2.45) is 0 Å². The monoisotopic (exact) mass is 294 g/mol. The van der Waals surface area contributed by atoms with E-state index < -0.39 is 6.10 Å². The molecule has 0 radical (unpaired) electrons. The van der Waals surface area contributed by atoms with Crippen LogP contribution in [0.1, 0.15) is 33.9 Å². The second-order valence-corrected chi connectivity index (χ2v) is 5.95. The van der Waals surface area contributed by atoms with E-state index in [1.807, 2.05) is 51.2 Å². The fourth-order valence-electron chi connectivity index (χ4n) is 2.72. The summed E-state index contributed by atoms with van der Waals surface area (Å²) in [6.45, 7) is 5.34. The van der Waals surface area contributed by atoms with Crippen LogP contribution in [0.25, 0.3) is 0 Å². The summed E-state index contributed by atoms with van der Waals surface area (Å²) in [5, 5.41) is 19.4. The highest BCUT2D eigenvalue weighted by Gasteiger charge is 2.12. The van der Waals surface area contributed by atoms with Gasteiger partial charge in [0.1, 0.15) is 0 Å². The third-order valence-electron chi connectivity index (χ3n) is 3.62. The number of hydrogen-bond acceptors (Lipinski definition) is 3. The molecular formula is C19H22N2O. The molecule has 2 aromatic rings. The summed E-state index contributed by atoms with van der Waals surface area (Å²) in [5.74, 6) is 0. The Morgan fingerprint density at radius 1 is 1.14 bits per heavy atom. The van der Waals surface area contributed by atoms with Crippen molar-refractivity contribution in [2.45, 2.75) is 26.5 Å². The van der Waals surface area contributed by atoms with Crippen LogP contribution in [-0.4, -0.2) is 23.6 Å². The zero-order valence-corrected chi connectivity index (χ0v) is 13.4. The Bertz CT molecular complexity index is 668. The van der Waals surface area contributed by atoms with Crippen molar-refractivity contribution >= 4 is 0 Å². The third-order valence-corrected chi connectivity index (χ3v) is 3.62. The van der Waals surface area contributed by atoms with Gasteiger partial charge in [-0.05, 0) is 44.2 Å². The van der Waals surface area contributed by atoms with Gasteiger partial charge in [-0.25, -0.2) is 0 Å². The summed E-state index contributed by atoms with van der Waals surface area (Å²) in [5.41, 5.74) is 5.03. The lowest BCUT2D eigenvalue weighted by Crippen LogP contribution is -2.24. The Morgan fingerprint density at radius 2 is 1.82 bits per heavy atom. The molecule has 114 valence electrons. The molecule has 0 spiro atoms. The van der Waals surface area contributed by atoms with Crippen molar-refractivity contribution in [3.63, 3.8) is 0 Å². The number of nitrogens with zero attached hydrogens (tertiary/aromatic N) is 2. The van der Waals surface area contributed by atoms with Crippen molar-refractivity contribution in [2.75, 3.05) is 13.6 Å². The molecule has 0 saturated heterocycles. The minimum atomic E-state index is -0.511. The molecule has 0 heterocycles. The molecule has 1 N–H and O–H groups in total. The fourth-order valence-corrected chi connectivity index (χ4v) is 2.72. The smallest absolute Gasteiger partial charge is 0.0991 e. The minimum absolute atomic E-state index is 0.511. The maximum Gasteiger partial charge on any atom is 0.0991 e. The molecule has 0 bridgehead atoms. The van der Waals surface area contributed by atoms with Gasteiger partial charge < -0.3 is 5.11 Å². The molecule has 0 aromatic heterocycles. The highest BCUT2D eigenvalue weighted by Crippen LogP contribution is 2.18. The van der Waals surface area contributed by atoms with Gasteiger partial charge in [-0.1, -0.05) is 41.5 Å². The summed E-state index contributed by atoms with van der Waals surface area (Å²) < 4.78 is 0. The predicted octanol–water partition coefficient (Wildman–Crippen LogP) is 3.34. The zero-order valence-electron chi connectivity index (χ0n) is 13.4. The van der Waals surface area contributed by atoms with E-state index in [2.05, 4.69) is 17.0 Å². The van der Waals surface area contributed by atoms with Crippen LogP contribution in [0.15, 0.2) is 42.5 Å². The molecule has 22 heavy (non-hydrogen) atoms. The number of likely N-dealkylation sites (N-methyl/N-ethyl adjacent to an activating group) is 1. The van der Waals surface area contributed by atoms with Gasteiger partial charge in [-0.2, -0.15) is 5.26 Å². The number of aliphatic hydroxyl groups excluding tert-OH is 1. The van der Waals surface area contributed by atoms with Crippen LogP contribution in [0.2, 0.25) is 0 Å². The zero-order chi connectivity index (χ0) is 16.1. The van der Waals surface area contributed by atoms with Crippen LogP contribution >= 0.6 is 0 Å². The largest absolute Gasteiger partial charge is 0.387 e. The van der Waals surface area contributed by atoms with E-state index >= 15 is 0 Å². The maximum atomic E-state index is 10.4. The number of nitriles is 1. The van der Waals surface area contributed by atoms with Gasteiger partial charge in [-0.3, -0.25) is 4.90 Å². The Hall–Kier alpha value is -2.15. The van der Waals surface area contributed by atoms with Gasteiger partial charge in [0.05, 0.1) is 17.7 Å². The van der Waals surface area contributed by atoms with E-state index in [-0.39, 0.29) is 0 Å². The van der Waals surface area contributed by atoms with Crippen LogP contribution in [0, 0.1) is 25.2 Å². The average Bonchev–Trinajstić information content (AvgIpc) is 2.46. The number of hydrogen-bond donors (Lipinski definition) is 1. The standard InChI is InChI=1S/C19H22N2O/c1-14-7-15(2)9-18(8-14)19(22)13-21(3)12-17-6-4-5-16(10-17)11-20/h4-10,19,22H,12-13H2,1-3H3. The number of rotatable bonds is 5. The lowest BCUT2D eigenvalue weighted by Gasteiger charge is -2.21. The SMILES string of the molecule is Cc1cc(C)cc(C(O)CN(C)Cc2cccc(C#N)c2)c1. The number of aryl methyl sites for hydroxylation is 2. The third kappa shape index (κ3) is 4.42. The van der Waals surface area contributed by atoms with E-state index in [1.165, 1.54) is 11.1 Å². The van der Waals surface area contributed by atoms with Crippen LogP contribution in [-0.2, 0) is 6.54 Å². The van der Waals surface area contributed by atoms with Crippen molar-refractivity contribution < 1.29 is 5.11 Å². The van der Waals surface area contributed by atoms with Gasteiger partial charge in [0.2, 0.25) is 0 Å². The van der Waals surface area contributed by atoms with Crippen molar-refractivity contribution in [1.82, 2.24) is 4.90 Å². The van der Waals surface area contributed by atoms with Gasteiger partial charge in [0, 0.05) is 13.1 Å². The van der Waals surface area contributed by atoms with Crippen molar-refractivity contribution in [3.8, 4) is 6.07 Å². The number of aliphatic hydroxyl groups is 1. The maximum absolute atomic E-state index is 10.4. The molecule has 0 aliphatic heterocycles. The minimum Gasteiger partial charge on any atom is -0.387 e. The van der Waals surface area contributed by atoms with Gasteiger partial charge >= 0.3 is 0 Å². The van der Waals surface area contributed by atoms with E-state index in [9.17, 15) is 5.11 Å².